The van der Waals surface area contributed by atoms with E-state index in [9.17, 15) is 9.59 Å². The first-order valence-corrected chi connectivity index (χ1v) is 5.54. The molecule has 4 heteroatoms. The molecule has 1 aromatic carbocycles. The molecule has 0 radical (unpaired) electrons. The van der Waals surface area contributed by atoms with E-state index in [2.05, 4.69) is 0 Å². The molecule has 0 saturated carbocycles. The van der Waals surface area contributed by atoms with Gasteiger partial charge in [0.05, 0.1) is 6.42 Å². The molecule has 92 valence electrons. The molecule has 0 unspecified atom stereocenters. The van der Waals surface area contributed by atoms with Gasteiger partial charge in [0.15, 0.2) is 6.10 Å². The number of carbonyl (C=O) groups is 2. The Morgan fingerprint density at radius 3 is 2.35 bits per heavy atom. The molecule has 0 heterocycles. The Morgan fingerprint density at radius 1 is 1.24 bits per heavy atom. The number of benzene rings is 1. The normalized spacial score (nSPS) is 13.8. The fraction of sp³-hybridized carbons (Fsp3) is 0.385. The number of hydrogen-bond acceptors (Lipinski definition) is 3. The number of amides is 1. The smallest absolute Gasteiger partial charge is 0.307 e. The van der Waals surface area contributed by atoms with E-state index >= 15 is 0 Å². The summed E-state index contributed by atoms with van der Waals surface area (Å²) in [5.74, 6) is -0.984. The van der Waals surface area contributed by atoms with Gasteiger partial charge in [0.2, 0.25) is 0 Å². The lowest BCUT2D eigenvalue weighted by atomic mass is 9.98. The van der Waals surface area contributed by atoms with Gasteiger partial charge in [-0.15, -0.1) is 0 Å². The van der Waals surface area contributed by atoms with Crippen LogP contribution in [0.5, 0.6) is 0 Å². The van der Waals surface area contributed by atoms with Gasteiger partial charge in [0.25, 0.3) is 5.91 Å². The second-order valence-electron chi connectivity index (χ2n) is 4.05. The summed E-state index contributed by atoms with van der Waals surface area (Å²) in [4.78, 5) is 22.2. The Balaban J connectivity index is 2.49. The Morgan fingerprint density at radius 2 is 1.82 bits per heavy atom. The number of nitrogens with two attached hydrogens (primary N) is 1. The Kier molecular flexibility index (Phi) is 4.69. The SMILES string of the molecule is C[C@@H](OC(=O)C[C@H](C)c1ccccc1)C(N)=O. The molecule has 1 aromatic rings. The van der Waals surface area contributed by atoms with Crippen molar-refractivity contribution in [2.24, 2.45) is 5.73 Å². The summed E-state index contributed by atoms with van der Waals surface area (Å²) in [6.07, 6.45) is -0.632. The van der Waals surface area contributed by atoms with Crippen molar-refractivity contribution in [3.05, 3.63) is 35.9 Å². The second-order valence-corrected chi connectivity index (χ2v) is 4.05. The van der Waals surface area contributed by atoms with Crippen LogP contribution < -0.4 is 5.73 Å². The predicted octanol–water partition coefficient (Wildman–Crippen LogP) is 1.60. The molecular weight excluding hydrogens is 218 g/mol. The highest BCUT2D eigenvalue weighted by Gasteiger charge is 2.17. The summed E-state index contributed by atoms with van der Waals surface area (Å²) in [7, 11) is 0. The topological polar surface area (TPSA) is 69.4 Å². The maximum Gasteiger partial charge on any atom is 0.307 e. The number of hydrogen-bond donors (Lipinski definition) is 1. The van der Waals surface area contributed by atoms with Crippen molar-refractivity contribution in [2.45, 2.75) is 32.3 Å². The maximum atomic E-state index is 11.5. The average Bonchev–Trinajstić information content (AvgIpc) is 2.29. The van der Waals surface area contributed by atoms with Crippen LogP contribution in [-0.2, 0) is 14.3 Å². The van der Waals surface area contributed by atoms with Gasteiger partial charge in [0, 0.05) is 0 Å². The van der Waals surface area contributed by atoms with Gasteiger partial charge in [-0.2, -0.15) is 0 Å². The maximum absolute atomic E-state index is 11.5. The minimum atomic E-state index is -0.870. The molecule has 0 fully saturated rings. The van der Waals surface area contributed by atoms with Gasteiger partial charge in [-0.05, 0) is 18.4 Å². The highest BCUT2D eigenvalue weighted by Crippen LogP contribution is 2.19. The van der Waals surface area contributed by atoms with Gasteiger partial charge in [-0.3, -0.25) is 9.59 Å². The van der Waals surface area contributed by atoms with Crippen LogP contribution in [0.2, 0.25) is 0 Å². The quantitative estimate of drug-likeness (QED) is 0.788. The number of carbonyl (C=O) groups excluding carboxylic acids is 2. The van der Waals surface area contributed by atoms with Gasteiger partial charge < -0.3 is 10.5 Å². The fourth-order valence-corrected chi connectivity index (χ4v) is 1.45. The van der Waals surface area contributed by atoms with E-state index in [0.717, 1.165) is 5.56 Å². The Hall–Kier alpha value is -1.84. The molecule has 0 bridgehead atoms. The van der Waals surface area contributed by atoms with Crippen LogP contribution in [0.1, 0.15) is 31.7 Å². The van der Waals surface area contributed by atoms with Crippen LogP contribution in [0.25, 0.3) is 0 Å². The van der Waals surface area contributed by atoms with Crippen LogP contribution in [-0.4, -0.2) is 18.0 Å². The zero-order valence-electron chi connectivity index (χ0n) is 10.1. The van der Waals surface area contributed by atoms with E-state index in [1.54, 1.807) is 0 Å². The van der Waals surface area contributed by atoms with E-state index in [-0.39, 0.29) is 12.3 Å². The molecule has 0 aromatic heterocycles. The lowest BCUT2D eigenvalue weighted by molar-refractivity contribution is -0.154. The summed E-state index contributed by atoms with van der Waals surface area (Å²) < 4.78 is 4.89. The summed E-state index contributed by atoms with van der Waals surface area (Å²) in [6.45, 7) is 3.40. The summed E-state index contributed by atoms with van der Waals surface area (Å²) in [5.41, 5.74) is 6.08. The zero-order chi connectivity index (χ0) is 12.8. The Labute approximate surface area is 101 Å². The molecule has 17 heavy (non-hydrogen) atoms. The molecule has 0 saturated heterocycles. The fourth-order valence-electron chi connectivity index (χ4n) is 1.45. The van der Waals surface area contributed by atoms with E-state index in [1.807, 2.05) is 37.3 Å². The van der Waals surface area contributed by atoms with Crippen LogP contribution in [0.3, 0.4) is 0 Å². The van der Waals surface area contributed by atoms with Crippen LogP contribution in [0.15, 0.2) is 30.3 Å². The van der Waals surface area contributed by atoms with Crippen molar-refractivity contribution >= 4 is 11.9 Å². The van der Waals surface area contributed by atoms with E-state index in [1.165, 1.54) is 6.92 Å². The van der Waals surface area contributed by atoms with E-state index < -0.39 is 18.0 Å². The molecule has 2 atom stereocenters. The van der Waals surface area contributed by atoms with Gasteiger partial charge in [-0.25, -0.2) is 0 Å². The molecule has 0 spiro atoms. The van der Waals surface area contributed by atoms with Crippen LogP contribution >= 0.6 is 0 Å². The molecular formula is C13H17NO3. The molecule has 0 aliphatic heterocycles. The highest BCUT2D eigenvalue weighted by atomic mass is 16.5. The zero-order valence-corrected chi connectivity index (χ0v) is 10.1. The highest BCUT2D eigenvalue weighted by molar-refractivity contribution is 5.82. The summed E-state index contributed by atoms with van der Waals surface area (Å²) >= 11 is 0. The third-order valence-electron chi connectivity index (χ3n) is 2.55. The number of ether oxygens (including phenoxy) is 1. The predicted molar refractivity (Wildman–Crippen MR) is 64.2 cm³/mol. The van der Waals surface area contributed by atoms with Crippen molar-refractivity contribution in [1.29, 1.82) is 0 Å². The first-order chi connectivity index (χ1) is 8.00. The largest absolute Gasteiger partial charge is 0.453 e. The van der Waals surface area contributed by atoms with Crippen molar-refractivity contribution in [3.8, 4) is 0 Å². The third kappa shape index (κ3) is 4.26. The van der Waals surface area contributed by atoms with Crippen molar-refractivity contribution in [2.75, 3.05) is 0 Å². The number of primary amides is 1. The van der Waals surface area contributed by atoms with Gasteiger partial charge in [0.1, 0.15) is 0 Å². The van der Waals surface area contributed by atoms with E-state index in [0.29, 0.717) is 0 Å². The molecule has 0 aliphatic carbocycles. The molecule has 1 amide bonds. The monoisotopic (exact) mass is 235 g/mol. The van der Waals surface area contributed by atoms with Gasteiger partial charge >= 0.3 is 5.97 Å². The summed E-state index contributed by atoms with van der Waals surface area (Å²) in [6, 6.07) is 9.67. The van der Waals surface area contributed by atoms with Crippen molar-refractivity contribution in [1.82, 2.24) is 0 Å². The molecule has 1 rings (SSSR count). The number of esters is 1. The first-order valence-electron chi connectivity index (χ1n) is 5.54. The first kappa shape index (κ1) is 13.2. The van der Waals surface area contributed by atoms with Crippen molar-refractivity contribution < 1.29 is 14.3 Å². The number of rotatable bonds is 5. The van der Waals surface area contributed by atoms with Gasteiger partial charge in [-0.1, -0.05) is 37.3 Å². The third-order valence-corrected chi connectivity index (χ3v) is 2.55. The van der Waals surface area contributed by atoms with E-state index in [4.69, 9.17) is 10.5 Å². The summed E-state index contributed by atoms with van der Waals surface area (Å²) in [5, 5.41) is 0. The molecule has 4 nitrogen and oxygen atoms in total. The van der Waals surface area contributed by atoms with Crippen LogP contribution in [0.4, 0.5) is 0 Å². The van der Waals surface area contributed by atoms with Crippen molar-refractivity contribution in [3.63, 3.8) is 0 Å². The lowest BCUT2D eigenvalue weighted by Gasteiger charge is -2.13. The Bertz CT molecular complexity index is 389. The molecule has 2 N–H and O–H groups in total. The average molecular weight is 235 g/mol. The minimum absolute atomic E-state index is 0.0591. The molecule has 0 aliphatic rings. The standard InChI is InChI=1S/C13H17NO3/c1-9(11-6-4-3-5-7-11)8-12(15)17-10(2)13(14)16/h3-7,9-10H,8H2,1-2H3,(H2,14,16)/t9-,10+/m0/s1. The second kappa shape index (κ2) is 6.03. The lowest BCUT2D eigenvalue weighted by Crippen LogP contribution is -2.30. The minimum Gasteiger partial charge on any atom is -0.453 e. The van der Waals surface area contributed by atoms with Crippen LogP contribution in [0, 0.1) is 0 Å².